The van der Waals surface area contributed by atoms with Gasteiger partial charge in [0.05, 0.1) is 5.56 Å². The van der Waals surface area contributed by atoms with Gasteiger partial charge in [-0.1, -0.05) is 18.6 Å². The van der Waals surface area contributed by atoms with E-state index >= 15 is 0 Å². The van der Waals surface area contributed by atoms with Crippen LogP contribution in [0.15, 0.2) is 18.2 Å². The van der Waals surface area contributed by atoms with Gasteiger partial charge in [-0.05, 0) is 47.8 Å². The number of carboxylic acid groups (broad SMARTS) is 2. The molecule has 3 rings (SSSR count). The number of hydrogen-bond donors (Lipinski definition) is 2. The molecule has 1 fully saturated rings. The van der Waals surface area contributed by atoms with E-state index in [0.29, 0.717) is 12.0 Å². The second kappa shape index (κ2) is 4.08. The molecule has 4 nitrogen and oxygen atoms in total. The summed E-state index contributed by atoms with van der Waals surface area (Å²) in [7, 11) is 0. The molecule has 0 saturated heterocycles. The van der Waals surface area contributed by atoms with Crippen molar-refractivity contribution >= 4 is 11.9 Å². The summed E-state index contributed by atoms with van der Waals surface area (Å²) in [6.45, 7) is 0. The van der Waals surface area contributed by atoms with Crippen LogP contribution in [0, 0.1) is 5.92 Å². The molecule has 0 amide bonds. The highest BCUT2D eigenvalue weighted by Crippen LogP contribution is 2.57. The van der Waals surface area contributed by atoms with Crippen molar-refractivity contribution in [2.75, 3.05) is 0 Å². The van der Waals surface area contributed by atoms with E-state index in [-0.39, 0.29) is 17.8 Å². The van der Waals surface area contributed by atoms with Crippen LogP contribution in [0.5, 0.6) is 0 Å². The molecule has 100 valence electrons. The topological polar surface area (TPSA) is 74.6 Å². The third kappa shape index (κ3) is 1.66. The summed E-state index contributed by atoms with van der Waals surface area (Å²) in [5.41, 5.74) is 2.22. The van der Waals surface area contributed by atoms with Crippen LogP contribution in [0.2, 0.25) is 0 Å². The number of hydrogen-bond acceptors (Lipinski definition) is 2. The number of benzene rings is 1. The zero-order valence-corrected chi connectivity index (χ0v) is 10.6. The van der Waals surface area contributed by atoms with Gasteiger partial charge in [-0.15, -0.1) is 0 Å². The van der Waals surface area contributed by atoms with E-state index in [1.54, 1.807) is 12.1 Å². The van der Waals surface area contributed by atoms with Gasteiger partial charge in [-0.2, -0.15) is 0 Å². The van der Waals surface area contributed by atoms with Crippen LogP contribution in [0.3, 0.4) is 0 Å². The molecule has 1 aromatic carbocycles. The van der Waals surface area contributed by atoms with Crippen LogP contribution in [0.25, 0.3) is 0 Å². The Morgan fingerprint density at radius 3 is 2.53 bits per heavy atom. The maximum absolute atomic E-state index is 11.3. The second-order valence-corrected chi connectivity index (χ2v) is 5.65. The monoisotopic (exact) mass is 260 g/mol. The lowest BCUT2D eigenvalue weighted by Crippen LogP contribution is -2.39. The fraction of sp³-hybridized carbons (Fsp3) is 0.467. The van der Waals surface area contributed by atoms with Crippen LogP contribution >= 0.6 is 0 Å². The lowest BCUT2D eigenvalue weighted by Gasteiger charge is -2.44. The van der Waals surface area contributed by atoms with Gasteiger partial charge in [0.15, 0.2) is 0 Å². The van der Waals surface area contributed by atoms with Gasteiger partial charge in [0, 0.05) is 6.42 Å². The van der Waals surface area contributed by atoms with E-state index in [9.17, 15) is 14.7 Å². The number of aromatic carboxylic acids is 1. The van der Waals surface area contributed by atoms with Crippen LogP contribution in [0.1, 0.15) is 47.2 Å². The third-order valence-electron chi connectivity index (χ3n) is 4.84. The Bertz CT molecular complexity index is 557. The van der Waals surface area contributed by atoms with Gasteiger partial charge in [-0.3, -0.25) is 4.79 Å². The third-order valence-corrected chi connectivity index (χ3v) is 4.84. The molecule has 2 aliphatic rings. The Hall–Kier alpha value is -1.84. The lowest BCUT2D eigenvalue weighted by atomic mass is 9.60. The number of fused-ring (bicyclic) bond motifs is 2. The average Bonchev–Trinajstić information content (AvgIpc) is 2.60. The molecule has 1 unspecified atom stereocenters. The van der Waals surface area contributed by atoms with Gasteiger partial charge in [0.1, 0.15) is 0 Å². The standard InChI is InChI=1S/C15H16O4/c16-13(17)8-9-7-11-10(14(18)19)3-1-4-12(11)15(9)5-2-6-15/h1,3-4,9H,2,5-8H2,(H,16,17)(H,18,19). The van der Waals surface area contributed by atoms with E-state index < -0.39 is 11.9 Å². The van der Waals surface area contributed by atoms with Crippen LogP contribution in [-0.2, 0) is 16.6 Å². The summed E-state index contributed by atoms with van der Waals surface area (Å²) in [6, 6.07) is 5.39. The van der Waals surface area contributed by atoms with Gasteiger partial charge in [0.2, 0.25) is 0 Å². The molecular formula is C15H16O4. The largest absolute Gasteiger partial charge is 0.481 e. The molecule has 4 heteroatoms. The maximum Gasteiger partial charge on any atom is 0.335 e. The first-order valence-electron chi connectivity index (χ1n) is 6.62. The summed E-state index contributed by atoms with van der Waals surface area (Å²) >= 11 is 0. The zero-order chi connectivity index (χ0) is 13.6. The first-order valence-corrected chi connectivity index (χ1v) is 6.62. The van der Waals surface area contributed by atoms with E-state index in [1.807, 2.05) is 6.07 Å². The SMILES string of the molecule is O=C(O)CC1Cc2c(C(=O)O)cccc2C12CCC2. The number of carboxylic acids is 2. The predicted octanol–water partition coefficient (Wildman–Crippen LogP) is 2.45. The van der Waals surface area contributed by atoms with Gasteiger partial charge >= 0.3 is 11.9 Å². The molecule has 0 radical (unpaired) electrons. The minimum atomic E-state index is -0.915. The molecule has 1 aromatic rings. The smallest absolute Gasteiger partial charge is 0.335 e. The van der Waals surface area contributed by atoms with Crippen LogP contribution in [-0.4, -0.2) is 22.2 Å². The highest BCUT2D eigenvalue weighted by atomic mass is 16.4. The Kier molecular flexibility index (Phi) is 2.62. The van der Waals surface area contributed by atoms with Crippen molar-refractivity contribution in [1.82, 2.24) is 0 Å². The minimum absolute atomic E-state index is 0.0502. The van der Waals surface area contributed by atoms with Crippen molar-refractivity contribution < 1.29 is 19.8 Å². The number of aliphatic carboxylic acids is 1. The van der Waals surface area contributed by atoms with E-state index in [0.717, 1.165) is 30.4 Å². The minimum Gasteiger partial charge on any atom is -0.481 e. The predicted molar refractivity (Wildman–Crippen MR) is 68.4 cm³/mol. The van der Waals surface area contributed by atoms with Crippen molar-refractivity contribution in [1.29, 1.82) is 0 Å². The van der Waals surface area contributed by atoms with E-state index in [4.69, 9.17) is 5.11 Å². The van der Waals surface area contributed by atoms with Gasteiger partial charge in [0.25, 0.3) is 0 Å². The highest BCUT2D eigenvalue weighted by Gasteiger charge is 2.51. The number of carbonyl (C=O) groups is 2. The normalized spacial score (nSPS) is 22.8. The quantitative estimate of drug-likeness (QED) is 0.875. The molecule has 0 aliphatic heterocycles. The van der Waals surface area contributed by atoms with Gasteiger partial charge < -0.3 is 10.2 Å². The van der Waals surface area contributed by atoms with Crippen molar-refractivity contribution in [2.45, 2.75) is 37.5 Å². The molecule has 0 aromatic heterocycles. The Morgan fingerprint density at radius 1 is 1.26 bits per heavy atom. The van der Waals surface area contributed by atoms with Crippen LogP contribution in [0.4, 0.5) is 0 Å². The average molecular weight is 260 g/mol. The summed E-state index contributed by atoms with van der Waals surface area (Å²) in [4.78, 5) is 22.3. The molecule has 1 spiro atoms. The van der Waals surface area contributed by atoms with Crippen LogP contribution < -0.4 is 0 Å². The summed E-state index contributed by atoms with van der Waals surface area (Å²) < 4.78 is 0. The fourth-order valence-electron chi connectivity index (χ4n) is 3.85. The molecule has 19 heavy (non-hydrogen) atoms. The van der Waals surface area contributed by atoms with E-state index in [1.165, 1.54) is 0 Å². The summed E-state index contributed by atoms with van der Waals surface area (Å²) in [6.07, 6.45) is 3.80. The maximum atomic E-state index is 11.3. The Morgan fingerprint density at radius 2 is 2.00 bits per heavy atom. The van der Waals surface area contributed by atoms with E-state index in [2.05, 4.69) is 0 Å². The molecule has 1 atom stereocenters. The van der Waals surface area contributed by atoms with Crippen molar-refractivity contribution in [3.63, 3.8) is 0 Å². The summed E-state index contributed by atoms with van der Waals surface area (Å²) in [5, 5.41) is 18.3. The van der Waals surface area contributed by atoms with Crippen molar-refractivity contribution in [3.8, 4) is 0 Å². The summed E-state index contributed by atoms with van der Waals surface area (Å²) in [5.74, 6) is -1.66. The van der Waals surface area contributed by atoms with Crippen molar-refractivity contribution in [2.24, 2.45) is 5.92 Å². The van der Waals surface area contributed by atoms with Gasteiger partial charge in [-0.25, -0.2) is 4.79 Å². The fourth-order valence-corrected chi connectivity index (χ4v) is 3.85. The first kappa shape index (κ1) is 12.2. The number of rotatable bonds is 3. The first-order chi connectivity index (χ1) is 9.04. The molecular weight excluding hydrogens is 244 g/mol. The molecule has 2 N–H and O–H groups in total. The Balaban J connectivity index is 2.07. The molecule has 1 saturated carbocycles. The molecule has 0 heterocycles. The van der Waals surface area contributed by atoms with Crippen molar-refractivity contribution in [3.05, 3.63) is 34.9 Å². The highest BCUT2D eigenvalue weighted by molar-refractivity contribution is 5.90. The molecule has 2 aliphatic carbocycles. The Labute approximate surface area is 111 Å². The lowest BCUT2D eigenvalue weighted by molar-refractivity contribution is -0.139. The second-order valence-electron chi connectivity index (χ2n) is 5.65. The zero-order valence-electron chi connectivity index (χ0n) is 10.6. The molecule has 0 bridgehead atoms.